The van der Waals surface area contributed by atoms with E-state index in [1.54, 1.807) is 22.7 Å². The second kappa shape index (κ2) is 9.12. The fourth-order valence-electron chi connectivity index (χ4n) is 2.54. The Bertz CT molecular complexity index is 1020. The van der Waals surface area contributed by atoms with Gasteiger partial charge in [0.2, 0.25) is 0 Å². The van der Waals surface area contributed by atoms with Crippen molar-refractivity contribution in [2.45, 2.75) is 0 Å². The summed E-state index contributed by atoms with van der Waals surface area (Å²) in [6, 6.07) is 28.1. The first-order valence-corrected chi connectivity index (χ1v) is 10.5. The summed E-state index contributed by atoms with van der Waals surface area (Å²) in [6.07, 6.45) is 1.86. The third kappa shape index (κ3) is 4.54. The lowest BCUT2D eigenvalue weighted by atomic mass is 10.3. The summed E-state index contributed by atoms with van der Waals surface area (Å²) in [5, 5.41) is 15.4. The average Bonchev–Trinajstić information content (AvgIpc) is 3.46. The number of nitrogens with zero attached hydrogens (tertiary/aromatic N) is 3. The lowest BCUT2D eigenvalue weighted by molar-refractivity contribution is 1.12. The predicted octanol–water partition coefficient (Wildman–Crippen LogP) is 6.12. The van der Waals surface area contributed by atoms with Gasteiger partial charge in [-0.15, -0.1) is 22.7 Å². The second-order valence-corrected chi connectivity index (χ2v) is 7.72. The molecule has 0 saturated carbocycles. The summed E-state index contributed by atoms with van der Waals surface area (Å²) in [7, 11) is 0. The molecule has 4 aromatic rings. The van der Waals surface area contributed by atoms with E-state index in [-0.39, 0.29) is 0 Å². The lowest BCUT2D eigenvalue weighted by Gasteiger charge is -2.20. The molecular formula is C22H18N4S2. The summed E-state index contributed by atoms with van der Waals surface area (Å²) in [6.45, 7) is 0. The molecule has 1 N–H and O–H groups in total. The quantitative estimate of drug-likeness (QED) is 0.240. The Hall–Kier alpha value is -3.22. The fourth-order valence-corrected chi connectivity index (χ4v) is 3.81. The van der Waals surface area contributed by atoms with E-state index in [2.05, 4.69) is 5.43 Å². The van der Waals surface area contributed by atoms with Crippen molar-refractivity contribution in [3.05, 3.63) is 105 Å². The normalized spacial score (nSPS) is 11.6. The van der Waals surface area contributed by atoms with Gasteiger partial charge in [-0.2, -0.15) is 10.2 Å². The van der Waals surface area contributed by atoms with Crippen LogP contribution in [0.3, 0.4) is 0 Å². The van der Waals surface area contributed by atoms with Crippen LogP contribution in [0, 0.1) is 0 Å². The van der Waals surface area contributed by atoms with Crippen LogP contribution in [0.2, 0.25) is 0 Å². The van der Waals surface area contributed by atoms with Gasteiger partial charge < -0.3 is 0 Å². The molecule has 2 aromatic heterocycles. The van der Waals surface area contributed by atoms with Gasteiger partial charge in [-0.1, -0.05) is 48.5 Å². The van der Waals surface area contributed by atoms with E-state index >= 15 is 0 Å². The molecule has 0 aliphatic rings. The minimum atomic E-state index is 0.734. The second-order valence-electron chi connectivity index (χ2n) is 5.80. The van der Waals surface area contributed by atoms with Gasteiger partial charge >= 0.3 is 0 Å². The standard InChI is InChI=1S/C22H18N4S2/c1-3-9-18(10-4-1)24-25-22(21-14-8-16-28-21)26(19-11-5-2-6-12-19)23-17-20-13-7-15-27-20/h1-17,24H/b23-17+,25-22+. The minimum absolute atomic E-state index is 0.734. The molecule has 2 aromatic carbocycles. The van der Waals surface area contributed by atoms with E-state index in [1.807, 2.05) is 107 Å². The lowest BCUT2D eigenvalue weighted by Crippen LogP contribution is -2.27. The number of hydrogen-bond acceptors (Lipinski definition) is 5. The number of nitrogens with one attached hydrogen (secondary N) is 1. The zero-order chi connectivity index (χ0) is 19.0. The maximum atomic E-state index is 4.76. The van der Waals surface area contributed by atoms with Gasteiger partial charge in [0.1, 0.15) is 0 Å². The maximum Gasteiger partial charge on any atom is 0.191 e. The van der Waals surface area contributed by atoms with Crippen molar-refractivity contribution in [2.24, 2.45) is 10.2 Å². The average molecular weight is 403 g/mol. The largest absolute Gasteiger partial charge is 0.276 e. The van der Waals surface area contributed by atoms with Crippen molar-refractivity contribution < 1.29 is 0 Å². The molecule has 0 unspecified atom stereocenters. The van der Waals surface area contributed by atoms with Gasteiger partial charge in [-0.25, -0.2) is 5.01 Å². The first-order valence-electron chi connectivity index (χ1n) is 8.75. The van der Waals surface area contributed by atoms with Gasteiger partial charge in [0.15, 0.2) is 5.84 Å². The number of hydrazone groups is 2. The highest BCUT2D eigenvalue weighted by molar-refractivity contribution is 7.12. The van der Waals surface area contributed by atoms with E-state index in [0.29, 0.717) is 0 Å². The summed E-state index contributed by atoms with van der Waals surface area (Å²) >= 11 is 3.28. The summed E-state index contributed by atoms with van der Waals surface area (Å²) in [4.78, 5) is 2.11. The molecule has 2 heterocycles. The molecule has 0 bridgehead atoms. The van der Waals surface area contributed by atoms with Crippen molar-refractivity contribution in [3.8, 4) is 0 Å². The van der Waals surface area contributed by atoms with Crippen LogP contribution in [0.5, 0.6) is 0 Å². The van der Waals surface area contributed by atoms with Crippen molar-refractivity contribution in [1.29, 1.82) is 0 Å². The van der Waals surface area contributed by atoms with E-state index < -0.39 is 0 Å². The molecule has 0 atom stereocenters. The van der Waals surface area contributed by atoms with Gasteiger partial charge in [-0.3, -0.25) is 5.43 Å². The Morgan fingerprint density at radius 2 is 1.50 bits per heavy atom. The number of hydrogen-bond donors (Lipinski definition) is 1. The van der Waals surface area contributed by atoms with Crippen LogP contribution in [0.4, 0.5) is 11.4 Å². The molecule has 138 valence electrons. The van der Waals surface area contributed by atoms with Gasteiger partial charge in [0, 0.05) is 4.88 Å². The number of para-hydroxylation sites is 2. The minimum Gasteiger partial charge on any atom is -0.276 e. The van der Waals surface area contributed by atoms with Crippen LogP contribution in [0.15, 0.2) is 106 Å². The molecule has 0 aliphatic carbocycles. The molecule has 4 rings (SSSR count). The molecule has 0 spiro atoms. The molecule has 0 aliphatic heterocycles. The Balaban J connectivity index is 1.74. The summed E-state index contributed by atoms with van der Waals surface area (Å²) in [5.41, 5.74) is 5.02. The van der Waals surface area contributed by atoms with Crippen LogP contribution >= 0.6 is 22.7 Å². The number of anilines is 2. The molecule has 0 fully saturated rings. The van der Waals surface area contributed by atoms with Gasteiger partial charge in [-0.05, 0) is 47.2 Å². The summed E-state index contributed by atoms with van der Waals surface area (Å²) < 4.78 is 0. The zero-order valence-corrected chi connectivity index (χ0v) is 16.6. The zero-order valence-electron chi connectivity index (χ0n) is 15.0. The van der Waals surface area contributed by atoms with Crippen LogP contribution in [0.1, 0.15) is 9.75 Å². The highest BCUT2D eigenvalue weighted by atomic mass is 32.1. The highest BCUT2D eigenvalue weighted by Gasteiger charge is 2.16. The number of amidine groups is 1. The Labute approximate surface area is 172 Å². The molecular weight excluding hydrogens is 384 g/mol. The molecule has 0 saturated heterocycles. The third-order valence-electron chi connectivity index (χ3n) is 3.85. The fraction of sp³-hybridized carbons (Fsp3) is 0. The monoisotopic (exact) mass is 402 g/mol. The van der Waals surface area contributed by atoms with Crippen LogP contribution in [0.25, 0.3) is 0 Å². The van der Waals surface area contributed by atoms with E-state index in [4.69, 9.17) is 10.2 Å². The van der Waals surface area contributed by atoms with E-state index in [9.17, 15) is 0 Å². The van der Waals surface area contributed by atoms with Crippen LogP contribution < -0.4 is 10.4 Å². The first-order chi connectivity index (χ1) is 13.9. The number of benzene rings is 2. The SMILES string of the molecule is C(=N\N(/C(=N/Nc1ccccc1)c1cccs1)c1ccccc1)/c1cccs1. The summed E-state index contributed by atoms with van der Waals surface area (Å²) in [5.74, 6) is 0.734. The Morgan fingerprint density at radius 1 is 0.786 bits per heavy atom. The Kier molecular flexibility index (Phi) is 5.92. The van der Waals surface area contributed by atoms with Crippen molar-refractivity contribution in [1.82, 2.24) is 0 Å². The smallest absolute Gasteiger partial charge is 0.191 e. The van der Waals surface area contributed by atoms with Crippen LogP contribution in [-0.2, 0) is 0 Å². The first kappa shape index (κ1) is 18.2. The van der Waals surface area contributed by atoms with Crippen LogP contribution in [-0.4, -0.2) is 12.1 Å². The molecule has 6 heteroatoms. The highest BCUT2D eigenvalue weighted by Crippen LogP contribution is 2.22. The van der Waals surface area contributed by atoms with Crippen molar-refractivity contribution in [2.75, 3.05) is 10.4 Å². The molecule has 0 amide bonds. The third-order valence-corrected chi connectivity index (χ3v) is 5.52. The Morgan fingerprint density at radius 3 is 2.18 bits per heavy atom. The van der Waals surface area contributed by atoms with Gasteiger partial charge in [0.05, 0.1) is 22.5 Å². The predicted molar refractivity (Wildman–Crippen MR) is 122 cm³/mol. The van der Waals surface area contributed by atoms with Crippen molar-refractivity contribution in [3.63, 3.8) is 0 Å². The topological polar surface area (TPSA) is 40.0 Å². The maximum absolute atomic E-state index is 4.76. The number of rotatable bonds is 6. The van der Waals surface area contributed by atoms with E-state index in [0.717, 1.165) is 27.0 Å². The molecule has 0 radical (unpaired) electrons. The van der Waals surface area contributed by atoms with E-state index in [1.165, 1.54) is 0 Å². The molecule has 4 nitrogen and oxygen atoms in total. The van der Waals surface area contributed by atoms with Gasteiger partial charge in [0.25, 0.3) is 0 Å². The van der Waals surface area contributed by atoms with Crippen molar-refractivity contribution >= 4 is 46.1 Å². The number of thiophene rings is 2. The molecule has 28 heavy (non-hydrogen) atoms.